The van der Waals surface area contributed by atoms with E-state index in [0.717, 1.165) is 52.0 Å². The molecule has 0 radical (unpaired) electrons. The fraction of sp³-hybridized carbons (Fsp3) is 1.00. The van der Waals surface area contributed by atoms with Crippen molar-refractivity contribution in [3.63, 3.8) is 0 Å². The van der Waals surface area contributed by atoms with E-state index in [0.29, 0.717) is 78.9 Å². The second-order valence-electron chi connectivity index (χ2n) is 19.2. The molecule has 0 amide bonds. The van der Waals surface area contributed by atoms with Gasteiger partial charge in [-0.3, -0.25) is 0 Å². The number of fused-ring (bicyclic) bond motifs is 5. The first-order valence-electron chi connectivity index (χ1n) is 24.0. The second-order valence-corrected chi connectivity index (χ2v) is 19.2. The van der Waals surface area contributed by atoms with Crippen molar-refractivity contribution in [2.75, 3.05) is 52.5 Å². The predicted octanol–water partition coefficient (Wildman–Crippen LogP) is 9.77. The number of unbranched alkanes of at least 4 members (excludes halogenated alkanes) is 11. The lowest BCUT2D eigenvalue weighted by Crippen LogP contribution is -2.63. The molecule has 4 aliphatic carbocycles. The summed E-state index contributed by atoms with van der Waals surface area (Å²) in [6.45, 7) is 17.0. The average Bonchev–Trinajstić information content (AvgIpc) is 3.53. The third kappa shape index (κ3) is 12.9. The molecule has 7 heteroatoms. The summed E-state index contributed by atoms with van der Waals surface area (Å²) in [5, 5.41) is 3.81. The summed E-state index contributed by atoms with van der Waals surface area (Å²) >= 11 is 0. The van der Waals surface area contributed by atoms with Crippen LogP contribution in [0.5, 0.6) is 0 Å². The number of hydrogen-bond donors (Lipinski definition) is 4. The van der Waals surface area contributed by atoms with Gasteiger partial charge in [0.2, 0.25) is 0 Å². The van der Waals surface area contributed by atoms with Crippen LogP contribution in [0.25, 0.3) is 0 Å². The first-order chi connectivity index (χ1) is 26.3. The van der Waals surface area contributed by atoms with Gasteiger partial charge in [0.05, 0.1) is 18.3 Å². The Kier molecular flexibility index (Phi) is 21.7. The summed E-state index contributed by atoms with van der Waals surface area (Å²) in [4.78, 5) is 0. The zero-order chi connectivity index (χ0) is 38.7. The van der Waals surface area contributed by atoms with Gasteiger partial charge in [-0.2, -0.15) is 0 Å². The first-order valence-corrected chi connectivity index (χ1v) is 24.0. The Hall–Kier alpha value is -0.280. The summed E-state index contributed by atoms with van der Waals surface area (Å²) in [6.07, 6.45) is 32.0. The Morgan fingerprint density at radius 2 is 1.22 bits per heavy atom. The van der Waals surface area contributed by atoms with E-state index in [1.165, 1.54) is 135 Å². The molecular weight excluding hydrogens is 669 g/mol. The molecule has 54 heavy (non-hydrogen) atoms. The topological polar surface area (TPSA) is 118 Å². The number of ether oxygens (including phenoxy) is 3. The zero-order valence-corrected chi connectivity index (χ0v) is 36.3. The van der Waals surface area contributed by atoms with Gasteiger partial charge in [-0.1, -0.05) is 98.3 Å². The van der Waals surface area contributed by atoms with Crippen LogP contribution >= 0.6 is 0 Å². The Morgan fingerprint density at radius 3 is 1.87 bits per heavy atom. The van der Waals surface area contributed by atoms with Gasteiger partial charge in [-0.05, 0) is 157 Å². The molecule has 4 aliphatic rings. The number of rotatable bonds is 30. The lowest BCUT2D eigenvalue weighted by molar-refractivity contribution is -0.227. The SMILES string of the molecule is CCCCCCCCCCCCCCNCCC[C@@H](C)[C@H]1CC[C@H]2[C@@H]3[C@H](OCCCN)C[C@@H]4C[C@H](OCCCN)CC[C@]4(C)[C@H]3C[C@H](OCCCN)[C@]12C. The predicted molar refractivity (Wildman–Crippen MR) is 229 cm³/mol. The van der Waals surface area contributed by atoms with Gasteiger partial charge in [-0.25, -0.2) is 0 Å². The minimum absolute atomic E-state index is 0.179. The minimum Gasteiger partial charge on any atom is -0.378 e. The highest BCUT2D eigenvalue weighted by atomic mass is 16.5. The summed E-state index contributed by atoms with van der Waals surface area (Å²) < 4.78 is 20.4. The quantitative estimate of drug-likeness (QED) is 0.0539. The summed E-state index contributed by atoms with van der Waals surface area (Å²) in [5.74, 6) is 3.91. The van der Waals surface area contributed by atoms with E-state index in [4.69, 9.17) is 31.4 Å². The van der Waals surface area contributed by atoms with Crippen LogP contribution in [0.15, 0.2) is 0 Å². The molecule has 0 spiro atoms. The molecule has 0 heterocycles. The van der Waals surface area contributed by atoms with Crippen LogP contribution in [-0.4, -0.2) is 70.9 Å². The fourth-order valence-electron chi connectivity index (χ4n) is 12.6. The van der Waals surface area contributed by atoms with Gasteiger partial charge in [-0.15, -0.1) is 0 Å². The molecule has 4 saturated carbocycles. The van der Waals surface area contributed by atoms with E-state index in [1.54, 1.807) is 0 Å². The van der Waals surface area contributed by atoms with Crippen LogP contribution < -0.4 is 22.5 Å². The molecule has 7 nitrogen and oxygen atoms in total. The Balaban J connectivity index is 1.31. The van der Waals surface area contributed by atoms with Crippen molar-refractivity contribution in [2.45, 2.75) is 200 Å². The van der Waals surface area contributed by atoms with Crippen molar-refractivity contribution in [2.24, 2.45) is 63.5 Å². The molecule has 0 bridgehead atoms. The van der Waals surface area contributed by atoms with Gasteiger partial charge >= 0.3 is 0 Å². The first kappa shape index (κ1) is 46.4. The lowest BCUT2D eigenvalue weighted by Gasteiger charge is -2.65. The Bertz CT molecular complexity index is 971. The highest BCUT2D eigenvalue weighted by Gasteiger charge is 2.66. The van der Waals surface area contributed by atoms with Crippen molar-refractivity contribution in [1.82, 2.24) is 5.32 Å². The summed E-state index contributed by atoms with van der Waals surface area (Å²) in [6, 6.07) is 0. The molecule has 0 aromatic carbocycles. The molecular formula is C47H92N4O3. The number of nitrogens with two attached hydrogens (primary N) is 3. The van der Waals surface area contributed by atoms with Crippen LogP contribution in [0, 0.1) is 46.3 Å². The van der Waals surface area contributed by atoms with Gasteiger partial charge in [0.1, 0.15) is 0 Å². The highest BCUT2D eigenvalue weighted by molar-refractivity contribution is 5.15. The third-order valence-corrected chi connectivity index (χ3v) is 15.7. The van der Waals surface area contributed by atoms with Crippen LogP contribution in [0.4, 0.5) is 0 Å². The van der Waals surface area contributed by atoms with Crippen LogP contribution in [0.2, 0.25) is 0 Å². The maximum atomic E-state index is 7.06. The summed E-state index contributed by atoms with van der Waals surface area (Å²) in [7, 11) is 0. The maximum Gasteiger partial charge on any atom is 0.0637 e. The molecule has 7 N–H and O–H groups in total. The van der Waals surface area contributed by atoms with E-state index in [9.17, 15) is 0 Å². The highest BCUT2D eigenvalue weighted by Crippen LogP contribution is 2.69. The zero-order valence-electron chi connectivity index (χ0n) is 36.3. The van der Waals surface area contributed by atoms with Gasteiger partial charge in [0, 0.05) is 25.2 Å². The standard InChI is InChI=1S/C47H92N4O3/c1-5-6-7-8-9-10-11-12-13-14-15-16-29-51-30-17-21-37(2)40-22-23-41-45-42(36-44(47(40,41)4)54-33-20-28-50)46(3)25-24-39(52-31-18-26-48)34-38(46)35-43(45)53-32-19-27-49/h37-45,51H,5-36,48-50H2,1-4H3/t37-,38+,39-,40-,41+,42+,43-,44+,45+,46+,47-/m1/s1. The molecule has 11 atom stereocenters. The Morgan fingerprint density at radius 1 is 0.630 bits per heavy atom. The van der Waals surface area contributed by atoms with Crippen molar-refractivity contribution < 1.29 is 14.2 Å². The van der Waals surface area contributed by atoms with Crippen LogP contribution in [0.1, 0.15) is 182 Å². The smallest absolute Gasteiger partial charge is 0.0637 e. The van der Waals surface area contributed by atoms with Crippen molar-refractivity contribution >= 4 is 0 Å². The molecule has 4 fully saturated rings. The van der Waals surface area contributed by atoms with Crippen molar-refractivity contribution in [3.8, 4) is 0 Å². The van der Waals surface area contributed by atoms with E-state index < -0.39 is 0 Å². The van der Waals surface area contributed by atoms with Crippen LogP contribution in [0.3, 0.4) is 0 Å². The van der Waals surface area contributed by atoms with Gasteiger partial charge < -0.3 is 36.7 Å². The van der Waals surface area contributed by atoms with Gasteiger partial charge in [0.15, 0.2) is 0 Å². The fourth-order valence-corrected chi connectivity index (χ4v) is 12.6. The minimum atomic E-state index is 0.179. The molecule has 0 aromatic rings. The van der Waals surface area contributed by atoms with Crippen molar-refractivity contribution in [3.05, 3.63) is 0 Å². The van der Waals surface area contributed by atoms with Crippen LogP contribution in [-0.2, 0) is 14.2 Å². The van der Waals surface area contributed by atoms with Crippen molar-refractivity contribution in [1.29, 1.82) is 0 Å². The van der Waals surface area contributed by atoms with E-state index in [2.05, 4.69) is 33.0 Å². The largest absolute Gasteiger partial charge is 0.378 e. The lowest BCUT2D eigenvalue weighted by atomic mass is 9.43. The molecule has 318 valence electrons. The van der Waals surface area contributed by atoms with E-state index in [1.807, 2.05) is 0 Å². The second kappa shape index (κ2) is 25.3. The van der Waals surface area contributed by atoms with E-state index in [-0.39, 0.29) is 5.41 Å². The molecule has 0 saturated heterocycles. The summed E-state index contributed by atoms with van der Waals surface area (Å²) in [5.41, 5.74) is 18.3. The molecule has 0 aliphatic heterocycles. The van der Waals surface area contributed by atoms with Gasteiger partial charge in [0.25, 0.3) is 0 Å². The number of nitrogens with one attached hydrogen (secondary N) is 1. The monoisotopic (exact) mass is 761 g/mol. The Labute approximate surface area is 334 Å². The maximum absolute atomic E-state index is 7.06. The molecule has 0 unspecified atom stereocenters. The van der Waals surface area contributed by atoms with E-state index >= 15 is 0 Å². The number of hydrogen-bond acceptors (Lipinski definition) is 7. The third-order valence-electron chi connectivity index (χ3n) is 15.7. The normalized spacial score (nSPS) is 34.1. The molecule has 0 aromatic heterocycles. The molecule has 4 rings (SSSR count). The average molecular weight is 761 g/mol.